The summed E-state index contributed by atoms with van der Waals surface area (Å²) in [6, 6.07) is 5.68. The molecule has 0 unspecified atom stereocenters. The van der Waals surface area contributed by atoms with E-state index < -0.39 is 0 Å². The third-order valence-electron chi connectivity index (χ3n) is 3.73. The highest BCUT2D eigenvalue weighted by atomic mass is 32.2. The summed E-state index contributed by atoms with van der Waals surface area (Å²) in [5.41, 5.74) is 1.73. The van der Waals surface area contributed by atoms with E-state index in [9.17, 15) is 4.79 Å². The van der Waals surface area contributed by atoms with Crippen molar-refractivity contribution in [3.05, 3.63) is 29.3 Å². The standard InChI is InChI=1S/C14H19NOS2/c1-10-4-5-11(17)8-12(10)13(16)15-9-14(18-2)6-3-7-14/h4-5,8,17H,3,6-7,9H2,1-2H3,(H,15,16). The lowest BCUT2D eigenvalue weighted by atomic mass is 9.84. The molecule has 0 saturated heterocycles. The highest BCUT2D eigenvalue weighted by molar-refractivity contribution is 8.00. The van der Waals surface area contributed by atoms with Crippen LogP contribution in [0.2, 0.25) is 0 Å². The van der Waals surface area contributed by atoms with Crippen LogP contribution in [0.1, 0.15) is 35.2 Å². The maximum absolute atomic E-state index is 12.2. The Morgan fingerprint density at radius 2 is 2.22 bits per heavy atom. The molecular formula is C14H19NOS2. The van der Waals surface area contributed by atoms with Crippen LogP contribution < -0.4 is 5.32 Å². The second-order valence-electron chi connectivity index (χ2n) is 4.92. The highest BCUT2D eigenvalue weighted by Crippen LogP contribution is 2.42. The van der Waals surface area contributed by atoms with Gasteiger partial charge in [0.25, 0.3) is 5.91 Å². The number of aryl methyl sites for hydroxylation is 1. The zero-order chi connectivity index (χ0) is 13.2. The molecule has 18 heavy (non-hydrogen) atoms. The number of thioether (sulfide) groups is 1. The SMILES string of the molecule is CSC1(CNC(=O)c2cc(S)ccc2C)CCC1. The molecule has 1 amide bonds. The Morgan fingerprint density at radius 1 is 1.50 bits per heavy atom. The normalized spacial score (nSPS) is 17.1. The second kappa shape index (κ2) is 5.57. The van der Waals surface area contributed by atoms with Crippen LogP contribution in [-0.4, -0.2) is 23.5 Å². The minimum Gasteiger partial charge on any atom is -0.351 e. The number of nitrogens with one attached hydrogen (secondary N) is 1. The summed E-state index contributed by atoms with van der Waals surface area (Å²) in [5, 5.41) is 3.07. The van der Waals surface area contributed by atoms with Crippen LogP contribution in [-0.2, 0) is 0 Å². The minimum absolute atomic E-state index is 0.0173. The molecule has 0 spiro atoms. The van der Waals surface area contributed by atoms with Crippen LogP contribution in [0.5, 0.6) is 0 Å². The number of hydrogen-bond acceptors (Lipinski definition) is 3. The van der Waals surface area contributed by atoms with Gasteiger partial charge in [-0.15, -0.1) is 12.6 Å². The number of thiol groups is 1. The summed E-state index contributed by atoms with van der Waals surface area (Å²) < 4.78 is 0.280. The number of carbonyl (C=O) groups excluding carboxylic acids is 1. The van der Waals surface area contributed by atoms with Crippen molar-refractivity contribution >= 4 is 30.3 Å². The molecule has 1 N–H and O–H groups in total. The quantitative estimate of drug-likeness (QED) is 0.829. The van der Waals surface area contributed by atoms with E-state index in [-0.39, 0.29) is 10.7 Å². The van der Waals surface area contributed by atoms with Gasteiger partial charge in [0.2, 0.25) is 0 Å². The Balaban J connectivity index is 2.01. The van der Waals surface area contributed by atoms with E-state index in [4.69, 9.17) is 0 Å². The third-order valence-corrected chi connectivity index (χ3v) is 5.43. The Kier molecular flexibility index (Phi) is 4.28. The highest BCUT2D eigenvalue weighted by Gasteiger charge is 2.36. The monoisotopic (exact) mass is 281 g/mol. The summed E-state index contributed by atoms with van der Waals surface area (Å²) in [7, 11) is 0. The van der Waals surface area contributed by atoms with Crippen molar-refractivity contribution in [3.8, 4) is 0 Å². The zero-order valence-corrected chi connectivity index (χ0v) is 12.5. The molecular weight excluding hydrogens is 262 g/mol. The lowest BCUT2D eigenvalue weighted by molar-refractivity contribution is 0.0943. The largest absolute Gasteiger partial charge is 0.351 e. The molecule has 98 valence electrons. The molecule has 0 radical (unpaired) electrons. The first-order chi connectivity index (χ1) is 8.56. The van der Waals surface area contributed by atoms with Crippen LogP contribution >= 0.6 is 24.4 Å². The number of benzene rings is 1. The first-order valence-corrected chi connectivity index (χ1v) is 7.86. The first kappa shape index (κ1) is 13.8. The van der Waals surface area contributed by atoms with E-state index in [1.807, 2.05) is 36.9 Å². The smallest absolute Gasteiger partial charge is 0.251 e. The van der Waals surface area contributed by atoms with Gasteiger partial charge >= 0.3 is 0 Å². The molecule has 4 heteroatoms. The molecule has 0 bridgehead atoms. The van der Waals surface area contributed by atoms with Gasteiger partial charge in [0.05, 0.1) is 0 Å². The predicted molar refractivity (Wildman–Crippen MR) is 80.9 cm³/mol. The molecule has 0 atom stereocenters. The molecule has 0 heterocycles. The van der Waals surface area contributed by atoms with Crippen molar-refractivity contribution in [3.63, 3.8) is 0 Å². The van der Waals surface area contributed by atoms with Crippen LogP contribution in [0.25, 0.3) is 0 Å². The fraction of sp³-hybridized carbons (Fsp3) is 0.500. The molecule has 1 aromatic carbocycles. The van der Waals surface area contributed by atoms with E-state index >= 15 is 0 Å². The molecule has 0 aromatic heterocycles. The predicted octanol–water partition coefficient (Wildman–Crippen LogP) is 3.30. The van der Waals surface area contributed by atoms with E-state index in [0.29, 0.717) is 0 Å². The van der Waals surface area contributed by atoms with Crippen molar-refractivity contribution in [2.75, 3.05) is 12.8 Å². The number of amides is 1. The lowest BCUT2D eigenvalue weighted by Crippen LogP contribution is -2.45. The van der Waals surface area contributed by atoms with Gasteiger partial charge in [-0.3, -0.25) is 4.79 Å². The van der Waals surface area contributed by atoms with E-state index in [2.05, 4.69) is 24.2 Å². The summed E-state index contributed by atoms with van der Waals surface area (Å²) >= 11 is 6.16. The topological polar surface area (TPSA) is 29.1 Å². The molecule has 2 nitrogen and oxygen atoms in total. The van der Waals surface area contributed by atoms with Crippen LogP contribution in [0.4, 0.5) is 0 Å². The Bertz CT molecular complexity index is 450. The van der Waals surface area contributed by atoms with Gasteiger partial charge < -0.3 is 5.32 Å². The van der Waals surface area contributed by atoms with Gasteiger partial charge in [0, 0.05) is 21.8 Å². The van der Waals surface area contributed by atoms with Gasteiger partial charge in [0.1, 0.15) is 0 Å². The van der Waals surface area contributed by atoms with E-state index in [1.54, 1.807) is 0 Å². The number of carbonyl (C=O) groups is 1. The Morgan fingerprint density at radius 3 is 2.78 bits per heavy atom. The fourth-order valence-corrected chi connectivity index (χ4v) is 3.33. The lowest BCUT2D eigenvalue weighted by Gasteiger charge is -2.40. The molecule has 1 aliphatic carbocycles. The molecule has 2 rings (SSSR count). The maximum Gasteiger partial charge on any atom is 0.251 e. The number of hydrogen-bond donors (Lipinski definition) is 2. The van der Waals surface area contributed by atoms with Crippen LogP contribution in [0.3, 0.4) is 0 Å². The summed E-state index contributed by atoms with van der Waals surface area (Å²) in [4.78, 5) is 13.0. The molecule has 1 aromatic rings. The average Bonchev–Trinajstić information content (AvgIpc) is 2.31. The van der Waals surface area contributed by atoms with E-state index in [1.165, 1.54) is 19.3 Å². The van der Waals surface area contributed by atoms with Crippen molar-refractivity contribution < 1.29 is 4.79 Å². The van der Waals surface area contributed by atoms with Gasteiger partial charge in [-0.05, 0) is 43.7 Å². The molecule has 1 fully saturated rings. The van der Waals surface area contributed by atoms with Crippen molar-refractivity contribution in [1.29, 1.82) is 0 Å². The molecule has 1 saturated carbocycles. The van der Waals surface area contributed by atoms with Crippen LogP contribution in [0.15, 0.2) is 23.1 Å². The number of rotatable bonds is 4. The molecule has 1 aliphatic rings. The van der Waals surface area contributed by atoms with Gasteiger partial charge in [-0.25, -0.2) is 0 Å². The average molecular weight is 281 g/mol. The van der Waals surface area contributed by atoms with Gasteiger partial charge in [0.15, 0.2) is 0 Å². The van der Waals surface area contributed by atoms with Gasteiger partial charge in [-0.1, -0.05) is 12.5 Å². The van der Waals surface area contributed by atoms with Gasteiger partial charge in [-0.2, -0.15) is 11.8 Å². The third kappa shape index (κ3) is 2.86. The first-order valence-electron chi connectivity index (χ1n) is 6.19. The van der Waals surface area contributed by atoms with Crippen molar-refractivity contribution in [1.82, 2.24) is 5.32 Å². The fourth-order valence-electron chi connectivity index (χ4n) is 2.22. The Labute approximate surface area is 118 Å². The van der Waals surface area contributed by atoms with Crippen molar-refractivity contribution in [2.45, 2.75) is 35.8 Å². The minimum atomic E-state index is 0.0173. The van der Waals surface area contributed by atoms with E-state index in [0.717, 1.165) is 22.6 Å². The second-order valence-corrected chi connectivity index (χ2v) is 6.71. The summed E-state index contributed by atoms with van der Waals surface area (Å²) in [6.45, 7) is 2.72. The van der Waals surface area contributed by atoms with Crippen molar-refractivity contribution in [2.24, 2.45) is 0 Å². The zero-order valence-electron chi connectivity index (χ0n) is 10.8. The Hall–Kier alpha value is -0.610. The molecule has 0 aliphatic heterocycles. The summed E-state index contributed by atoms with van der Waals surface area (Å²) in [5.74, 6) is 0.0173. The van der Waals surface area contributed by atoms with Crippen LogP contribution in [0, 0.1) is 6.92 Å². The maximum atomic E-state index is 12.2. The summed E-state index contributed by atoms with van der Waals surface area (Å²) in [6.07, 6.45) is 5.83.